The maximum atomic E-state index is 11.2. The van der Waals surface area contributed by atoms with Crippen molar-refractivity contribution < 1.29 is 8.42 Å². The number of thioether (sulfide) groups is 1. The largest absolute Gasteiger partial charge is 0.249 e. The second kappa shape index (κ2) is 5.48. The van der Waals surface area contributed by atoms with Crippen LogP contribution < -0.4 is 5.14 Å². The van der Waals surface area contributed by atoms with Gasteiger partial charge in [-0.05, 0) is 24.3 Å². The molecule has 0 radical (unpaired) electrons. The Labute approximate surface area is 94.3 Å². The van der Waals surface area contributed by atoms with Crippen LogP contribution in [-0.4, -0.2) is 19.2 Å². The van der Waals surface area contributed by atoms with Crippen LogP contribution >= 0.6 is 11.8 Å². The van der Waals surface area contributed by atoms with Gasteiger partial charge in [-0.1, -0.05) is 13.3 Å². The molecule has 6 heteroatoms. The van der Waals surface area contributed by atoms with E-state index in [1.165, 1.54) is 17.8 Å². The SMILES string of the molecule is CCCCSc1ncccc1S(N)(=O)=O. The van der Waals surface area contributed by atoms with Crippen LogP contribution in [0.4, 0.5) is 0 Å². The third kappa shape index (κ3) is 3.81. The first-order valence-corrected chi connectivity index (χ1v) is 7.19. The van der Waals surface area contributed by atoms with Gasteiger partial charge in [-0.3, -0.25) is 0 Å². The fraction of sp³-hybridized carbons (Fsp3) is 0.444. The van der Waals surface area contributed by atoms with Gasteiger partial charge in [-0.25, -0.2) is 18.5 Å². The molecule has 0 aliphatic heterocycles. The Balaban J connectivity index is 2.88. The fourth-order valence-electron chi connectivity index (χ4n) is 1.01. The number of nitrogens with zero attached hydrogens (tertiary/aromatic N) is 1. The third-order valence-electron chi connectivity index (χ3n) is 1.78. The average molecular weight is 246 g/mol. The van der Waals surface area contributed by atoms with Gasteiger partial charge in [0.15, 0.2) is 0 Å². The summed E-state index contributed by atoms with van der Waals surface area (Å²) >= 11 is 1.43. The molecule has 0 fully saturated rings. The first kappa shape index (κ1) is 12.5. The van der Waals surface area contributed by atoms with Crippen molar-refractivity contribution >= 4 is 21.8 Å². The molecule has 0 spiro atoms. The summed E-state index contributed by atoms with van der Waals surface area (Å²) in [6, 6.07) is 3.06. The summed E-state index contributed by atoms with van der Waals surface area (Å²) in [4.78, 5) is 4.14. The lowest BCUT2D eigenvalue weighted by Crippen LogP contribution is -2.13. The number of primary sulfonamides is 1. The Hall–Kier alpha value is -0.590. The second-order valence-electron chi connectivity index (χ2n) is 3.05. The van der Waals surface area contributed by atoms with Crippen LogP contribution in [-0.2, 0) is 10.0 Å². The minimum atomic E-state index is -3.65. The molecule has 4 nitrogen and oxygen atoms in total. The van der Waals surface area contributed by atoms with Gasteiger partial charge in [-0.15, -0.1) is 11.8 Å². The predicted molar refractivity (Wildman–Crippen MR) is 61.2 cm³/mol. The molecule has 0 aliphatic rings. The second-order valence-corrected chi connectivity index (χ2v) is 5.67. The average Bonchev–Trinajstić information content (AvgIpc) is 2.17. The molecule has 0 bridgehead atoms. The minimum absolute atomic E-state index is 0.117. The predicted octanol–water partition coefficient (Wildman–Crippen LogP) is 1.62. The number of hydrogen-bond acceptors (Lipinski definition) is 4. The molecule has 0 unspecified atom stereocenters. The van der Waals surface area contributed by atoms with Crippen molar-refractivity contribution in [1.29, 1.82) is 0 Å². The number of nitrogens with two attached hydrogens (primary N) is 1. The molecule has 0 aliphatic carbocycles. The smallest absolute Gasteiger partial charge is 0.240 e. The monoisotopic (exact) mass is 246 g/mol. The number of sulfonamides is 1. The van der Waals surface area contributed by atoms with Crippen LogP contribution in [0.3, 0.4) is 0 Å². The maximum absolute atomic E-state index is 11.2. The van der Waals surface area contributed by atoms with E-state index in [1.807, 2.05) is 0 Å². The van der Waals surface area contributed by atoms with Gasteiger partial charge in [-0.2, -0.15) is 0 Å². The number of unbranched alkanes of at least 4 members (excludes halogenated alkanes) is 1. The first-order valence-electron chi connectivity index (χ1n) is 4.66. The van der Waals surface area contributed by atoms with Gasteiger partial charge < -0.3 is 0 Å². The quantitative estimate of drug-likeness (QED) is 0.633. The first-order chi connectivity index (χ1) is 7.05. The van der Waals surface area contributed by atoms with Crippen molar-refractivity contribution in [2.45, 2.75) is 29.7 Å². The van der Waals surface area contributed by atoms with Gasteiger partial charge in [0.1, 0.15) is 9.92 Å². The van der Waals surface area contributed by atoms with E-state index in [9.17, 15) is 8.42 Å². The van der Waals surface area contributed by atoms with Gasteiger partial charge >= 0.3 is 0 Å². The van der Waals surface area contributed by atoms with Gasteiger partial charge in [0, 0.05) is 6.20 Å². The summed E-state index contributed by atoms with van der Waals surface area (Å²) in [6.45, 7) is 2.08. The Morgan fingerprint density at radius 3 is 2.87 bits per heavy atom. The van der Waals surface area contributed by atoms with Crippen molar-refractivity contribution in [3.05, 3.63) is 18.3 Å². The zero-order valence-electron chi connectivity index (χ0n) is 8.51. The summed E-state index contributed by atoms with van der Waals surface area (Å²) in [5, 5.41) is 5.57. The molecule has 0 aromatic carbocycles. The zero-order valence-corrected chi connectivity index (χ0v) is 10.1. The van der Waals surface area contributed by atoms with Crippen LogP contribution in [0.5, 0.6) is 0 Å². The van der Waals surface area contributed by atoms with Crippen molar-refractivity contribution in [3.8, 4) is 0 Å². The lowest BCUT2D eigenvalue weighted by atomic mass is 10.4. The van der Waals surface area contributed by atoms with E-state index in [4.69, 9.17) is 5.14 Å². The summed E-state index contributed by atoms with van der Waals surface area (Å²) < 4.78 is 22.4. The molecule has 0 amide bonds. The van der Waals surface area contributed by atoms with E-state index in [0.717, 1.165) is 18.6 Å². The standard InChI is InChI=1S/C9H14N2O2S2/c1-2-3-7-14-9-8(15(10,12)13)5-4-6-11-9/h4-6H,2-3,7H2,1H3,(H2,10,12,13). The molecule has 1 rings (SSSR count). The van der Waals surface area contributed by atoms with Crippen molar-refractivity contribution in [2.75, 3.05) is 5.75 Å². The van der Waals surface area contributed by atoms with E-state index in [-0.39, 0.29) is 4.90 Å². The van der Waals surface area contributed by atoms with Crippen LogP contribution in [0.25, 0.3) is 0 Å². The van der Waals surface area contributed by atoms with Crippen molar-refractivity contribution in [1.82, 2.24) is 4.98 Å². The topological polar surface area (TPSA) is 73.0 Å². The van der Waals surface area contributed by atoms with E-state index in [0.29, 0.717) is 5.03 Å². The van der Waals surface area contributed by atoms with Crippen LogP contribution in [0.1, 0.15) is 19.8 Å². The van der Waals surface area contributed by atoms with Crippen LogP contribution in [0.15, 0.2) is 28.3 Å². The molecular weight excluding hydrogens is 232 g/mol. The number of hydrogen-bond donors (Lipinski definition) is 1. The highest BCUT2D eigenvalue weighted by molar-refractivity contribution is 8.00. The molecule has 1 aromatic rings. The summed E-state index contributed by atoms with van der Waals surface area (Å²) in [6.07, 6.45) is 3.68. The maximum Gasteiger partial charge on any atom is 0.240 e. The summed E-state index contributed by atoms with van der Waals surface area (Å²) in [5.41, 5.74) is 0. The Morgan fingerprint density at radius 1 is 1.53 bits per heavy atom. The number of aromatic nitrogens is 1. The van der Waals surface area contributed by atoms with Crippen molar-refractivity contribution in [2.24, 2.45) is 5.14 Å². The molecule has 0 saturated carbocycles. The Bertz CT molecular complexity index is 418. The highest BCUT2D eigenvalue weighted by Gasteiger charge is 2.14. The normalized spacial score (nSPS) is 11.6. The van der Waals surface area contributed by atoms with Crippen LogP contribution in [0.2, 0.25) is 0 Å². The number of pyridine rings is 1. The minimum Gasteiger partial charge on any atom is -0.249 e. The molecule has 0 saturated heterocycles. The molecular formula is C9H14N2O2S2. The molecule has 2 N–H and O–H groups in total. The lowest BCUT2D eigenvalue weighted by Gasteiger charge is -2.04. The molecule has 0 atom stereocenters. The molecule has 15 heavy (non-hydrogen) atoms. The van der Waals surface area contributed by atoms with E-state index < -0.39 is 10.0 Å². The summed E-state index contributed by atoms with van der Waals surface area (Å²) in [7, 11) is -3.65. The van der Waals surface area contributed by atoms with E-state index in [1.54, 1.807) is 12.3 Å². The highest BCUT2D eigenvalue weighted by atomic mass is 32.2. The summed E-state index contributed by atoms with van der Waals surface area (Å²) in [5.74, 6) is 0.857. The van der Waals surface area contributed by atoms with Crippen molar-refractivity contribution in [3.63, 3.8) is 0 Å². The Kier molecular flexibility index (Phi) is 4.56. The van der Waals surface area contributed by atoms with E-state index >= 15 is 0 Å². The van der Waals surface area contributed by atoms with E-state index in [2.05, 4.69) is 11.9 Å². The highest BCUT2D eigenvalue weighted by Crippen LogP contribution is 2.23. The lowest BCUT2D eigenvalue weighted by molar-refractivity contribution is 0.594. The van der Waals surface area contributed by atoms with Gasteiger partial charge in [0.2, 0.25) is 10.0 Å². The van der Waals surface area contributed by atoms with Crippen LogP contribution in [0, 0.1) is 0 Å². The molecule has 84 valence electrons. The van der Waals surface area contributed by atoms with Gasteiger partial charge in [0.25, 0.3) is 0 Å². The zero-order chi connectivity index (χ0) is 11.3. The third-order valence-corrected chi connectivity index (χ3v) is 3.94. The fourth-order valence-corrected chi connectivity index (χ4v) is 3.08. The number of rotatable bonds is 5. The molecule has 1 heterocycles. The van der Waals surface area contributed by atoms with Gasteiger partial charge in [0.05, 0.1) is 0 Å². The molecule has 1 aromatic heterocycles. The Morgan fingerprint density at radius 2 is 2.27 bits per heavy atom.